The number of likely N-dealkylation sites (tertiary alicyclic amines) is 1. The summed E-state index contributed by atoms with van der Waals surface area (Å²) in [5.74, 6) is 1.00. The first-order valence-electron chi connectivity index (χ1n) is 8.81. The molecule has 1 aromatic heterocycles. The first kappa shape index (κ1) is 17.0. The Morgan fingerprint density at radius 3 is 2.67 bits per heavy atom. The van der Waals surface area contributed by atoms with Gasteiger partial charge in [-0.15, -0.1) is 0 Å². The Bertz CT molecular complexity index is 607. The Labute approximate surface area is 142 Å². The fraction of sp³-hybridized carbons (Fsp3) is 0.706. The van der Waals surface area contributed by atoms with Crippen molar-refractivity contribution in [2.45, 2.75) is 45.7 Å². The SMILES string of the molecule is CCOCC(=O)N1CCn2cc(CC(=O)N3CCCC3)nc2[C@@H]1C. The summed E-state index contributed by atoms with van der Waals surface area (Å²) in [5, 5.41) is 0. The fourth-order valence-electron chi connectivity index (χ4n) is 3.48. The summed E-state index contributed by atoms with van der Waals surface area (Å²) >= 11 is 0. The lowest BCUT2D eigenvalue weighted by Gasteiger charge is -2.33. The van der Waals surface area contributed by atoms with E-state index in [1.165, 1.54) is 0 Å². The Morgan fingerprint density at radius 2 is 1.96 bits per heavy atom. The van der Waals surface area contributed by atoms with Gasteiger partial charge in [0, 0.05) is 39.0 Å². The standard InChI is InChI=1S/C17H26N4O3/c1-3-24-12-16(23)21-9-8-20-11-14(18-17(20)13(21)2)10-15(22)19-6-4-5-7-19/h11,13H,3-10,12H2,1-2H3/t13-/m0/s1. The minimum Gasteiger partial charge on any atom is -0.372 e. The lowest BCUT2D eigenvalue weighted by atomic mass is 10.2. The minimum absolute atomic E-state index is 0.00621. The quantitative estimate of drug-likeness (QED) is 0.805. The Balaban J connectivity index is 1.66. The van der Waals surface area contributed by atoms with Crippen LogP contribution in [0, 0.1) is 0 Å². The van der Waals surface area contributed by atoms with E-state index in [1.807, 2.05) is 29.8 Å². The maximum Gasteiger partial charge on any atom is 0.249 e. The van der Waals surface area contributed by atoms with Crippen LogP contribution < -0.4 is 0 Å². The van der Waals surface area contributed by atoms with Gasteiger partial charge in [0.2, 0.25) is 11.8 Å². The maximum atomic E-state index is 12.3. The van der Waals surface area contributed by atoms with Crippen LogP contribution in [0.5, 0.6) is 0 Å². The van der Waals surface area contributed by atoms with E-state index in [0.29, 0.717) is 26.1 Å². The van der Waals surface area contributed by atoms with Crippen molar-refractivity contribution in [3.05, 3.63) is 17.7 Å². The van der Waals surface area contributed by atoms with E-state index in [4.69, 9.17) is 4.74 Å². The van der Waals surface area contributed by atoms with Gasteiger partial charge in [-0.1, -0.05) is 0 Å². The predicted molar refractivity (Wildman–Crippen MR) is 88.4 cm³/mol. The van der Waals surface area contributed by atoms with Crippen molar-refractivity contribution in [3.8, 4) is 0 Å². The molecule has 132 valence electrons. The van der Waals surface area contributed by atoms with E-state index in [0.717, 1.165) is 37.4 Å². The van der Waals surface area contributed by atoms with Crippen LogP contribution in [0.1, 0.15) is 44.2 Å². The minimum atomic E-state index is -0.0951. The van der Waals surface area contributed by atoms with Crippen LogP contribution in [0.15, 0.2) is 6.20 Å². The van der Waals surface area contributed by atoms with Crippen LogP contribution in [0.3, 0.4) is 0 Å². The smallest absolute Gasteiger partial charge is 0.249 e. The highest BCUT2D eigenvalue weighted by molar-refractivity contribution is 5.79. The van der Waals surface area contributed by atoms with Gasteiger partial charge < -0.3 is 19.1 Å². The Morgan fingerprint density at radius 1 is 1.21 bits per heavy atom. The lowest BCUT2D eigenvalue weighted by Crippen LogP contribution is -2.42. The molecule has 3 heterocycles. The van der Waals surface area contributed by atoms with Crippen molar-refractivity contribution in [2.24, 2.45) is 0 Å². The number of carbonyl (C=O) groups excluding carboxylic acids is 2. The van der Waals surface area contributed by atoms with E-state index in [-0.39, 0.29) is 24.5 Å². The molecule has 0 N–H and O–H groups in total. The normalized spacial score (nSPS) is 20.3. The largest absolute Gasteiger partial charge is 0.372 e. The highest BCUT2D eigenvalue weighted by Gasteiger charge is 2.30. The topological polar surface area (TPSA) is 67.7 Å². The molecule has 0 unspecified atom stereocenters. The molecule has 2 amide bonds. The summed E-state index contributed by atoms with van der Waals surface area (Å²) in [5.41, 5.74) is 0.799. The molecule has 1 saturated heterocycles. The van der Waals surface area contributed by atoms with Gasteiger partial charge in [-0.05, 0) is 26.7 Å². The molecule has 1 fully saturated rings. The first-order valence-corrected chi connectivity index (χ1v) is 8.81. The molecule has 1 atom stereocenters. The number of rotatable bonds is 5. The third kappa shape index (κ3) is 3.45. The molecule has 7 nitrogen and oxygen atoms in total. The number of ether oxygens (including phenoxy) is 1. The summed E-state index contributed by atoms with van der Waals surface area (Å²) in [6.07, 6.45) is 4.50. The number of aromatic nitrogens is 2. The van der Waals surface area contributed by atoms with E-state index >= 15 is 0 Å². The fourth-order valence-corrected chi connectivity index (χ4v) is 3.48. The molecule has 0 bridgehead atoms. The van der Waals surface area contributed by atoms with Crippen LogP contribution in [0.25, 0.3) is 0 Å². The van der Waals surface area contributed by atoms with Crippen molar-refractivity contribution >= 4 is 11.8 Å². The lowest BCUT2D eigenvalue weighted by molar-refractivity contribution is -0.139. The van der Waals surface area contributed by atoms with E-state index in [1.54, 1.807) is 0 Å². The number of hydrogen-bond donors (Lipinski definition) is 0. The van der Waals surface area contributed by atoms with E-state index in [9.17, 15) is 9.59 Å². The molecular weight excluding hydrogens is 308 g/mol. The van der Waals surface area contributed by atoms with Gasteiger partial charge >= 0.3 is 0 Å². The Kier molecular flexibility index (Phi) is 5.18. The molecule has 2 aliphatic rings. The third-order valence-corrected chi connectivity index (χ3v) is 4.82. The molecule has 0 aliphatic carbocycles. The van der Waals surface area contributed by atoms with Crippen LogP contribution in [0.4, 0.5) is 0 Å². The van der Waals surface area contributed by atoms with Crippen LogP contribution in [-0.2, 0) is 27.3 Å². The molecule has 7 heteroatoms. The average Bonchev–Trinajstić information content (AvgIpc) is 3.22. The second kappa shape index (κ2) is 7.34. The molecule has 0 spiro atoms. The van der Waals surface area contributed by atoms with Crippen molar-refractivity contribution in [3.63, 3.8) is 0 Å². The molecule has 1 aromatic rings. The van der Waals surface area contributed by atoms with Gasteiger partial charge in [-0.3, -0.25) is 9.59 Å². The number of imidazole rings is 1. The maximum absolute atomic E-state index is 12.3. The number of carbonyl (C=O) groups is 2. The molecule has 24 heavy (non-hydrogen) atoms. The number of amides is 2. The van der Waals surface area contributed by atoms with Crippen molar-refractivity contribution in [1.29, 1.82) is 0 Å². The van der Waals surface area contributed by atoms with Gasteiger partial charge in [0.1, 0.15) is 12.4 Å². The van der Waals surface area contributed by atoms with Gasteiger partial charge in [-0.2, -0.15) is 0 Å². The highest BCUT2D eigenvalue weighted by Crippen LogP contribution is 2.25. The molecule has 2 aliphatic heterocycles. The molecular formula is C17H26N4O3. The monoisotopic (exact) mass is 334 g/mol. The van der Waals surface area contributed by atoms with Crippen LogP contribution >= 0.6 is 0 Å². The summed E-state index contributed by atoms with van der Waals surface area (Å²) in [4.78, 5) is 32.9. The molecule has 0 saturated carbocycles. The summed E-state index contributed by atoms with van der Waals surface area (Å²) in [7, 11) is 0. The molecule has 0 aromatic carbocycles. The van der Waals surface area contributed by atoms with Crippen molar-refractivity contribution < 1.29 is 14.3 Å². The van der Waals surface area contributed by atoms with Gasteiger partial charge in [-0.25, -0.2) is 4.98 Å². The van der Waals surface area contributed by atoms with Gasteiger partial charge in [0.15, 0.2) is 0 Å². The number of fused-ring (bicyclic) bond motifs is 1. The van der Waals surface area contributed by atoms with Gasteiger partial charge in [0.05, 0.1) is 18.2 Å². The summed E-state index contributed by atoms with van der Waals surface area (Å²) in [6, 6.07) is -0.0951. The zero-order valence-electron chi connectivity index (χ0n) is 14.5. The predicted octanol–water partition coefficient (Wildman–Crippen LogP) is 0.988. The van der Waals surface area contributed by atoms with E-state index < -0.39 is 0 Å². The van der Waals surface area contributed by atoms with E-state index in [2.05, 4.69) is 9.55 Å². The zero-order valence-corrected chi connectivity index (χ0v) is 14.5. The highest BCUT2D eigenvalue weighted by atomic mass is 16.5. The zero-order chi connectivity index (χ0) is 17.1. The second-order valence-corrected chi connectivity index (χ2v) is 6.45. The average molecular weight is 334 g/mol. The summed E-state index contributed by atoms with van der Waals surface area (Å²) in [6.45, 7) is 7.59. The Hall–Kier alpha value is -1.89. The van der Waals surface area contributed by atoms with Crippen LogP contribution in [-0.4, -0.2) is 64.0 Å². The second-order valence-electron chi connectivity index (χ2n) is 6.45. The van der Waals surface area contributed by atoms with Crippen molar-refractivity contribution in [2.75, 3.05) is 32.8 Å². The molecule has 0 radical (unpaired) electrons. The van der Waals surface area contributed by atoms with Crippen LogP contribution in [0.2, 0.25) is 0 Å². The first-order chi connectivity index (χ1) is 11.6. The number of hydrogen-bond acceptors (Lipinski definition) is 4. The summed E-state index contributed by atoms with van der Waals surface area (Å²) < 4.78 is 7.30. The number of nitrogens with zero attached hydrogens (tertiary/aromatic N) is 4. The van der Waals surface area contributed by atoms with Gasteiger partial charge in [0.25, 0.3) is 0 Å². The molecule has 3 rings (SSSR count). The van der Waals surface area contributed by atoms with Crippen molar-refractivity contribution in [1.82, 2.24) is 19.4 Å². The third-order valence-electron chi connectivity index (χ3n) is 4.82.